The van der Waals surface area contributed by atoms with Crippen molar-refractivity contribution < 1.29 is 4.74 Å². The van der Waals surface area contributed by atoms with Crippen LogP contribution in [-0.4, -0.2) is 11.4 Å². The van der Waals surface area contributed by atoms with Crippen molar-refractivity contribution in [3.05, 3.63) is 54.1 Å². The van der Waals surface area contributed by atoms with Crippen molar-refractivity contribution in [2.24, 2.45) is 4.99 Å². The first kappa shape index (κ1) is 14.9. The molecule has 106 valence electrons. The van der Waals surface area contributed by atoms with Crippen LogP contribution in [0.3, 0.4) is 0 Å². The Balaban J connectivity index is 2.20. The van der Waals surface area contributed by atoms with Gasteiger partial charge in [-0.1, -0.05) is 30.0 Å². The summed E-state index contributed by atoms with van der Waals surface area (Å²) in [5, 5.41) is 11.7. The maximum atomic E-state index is 8.63. The molecule has 1 N–H and O–H groups in total. The smallest absolute Gasteiger partial charge is 0.183 e. The van der Waals surface area contributed by atoms with Crippen LogP contribution in [0.25, 0.3) is 0 Å². The fourth-order valence-electron chi connectivity index (χ4n) is 1.72. The van der Waals surface area contributed by atoms with Crippen LogP contribution in [-0.2, 0) is 0 Å². The molecule has 0 aliphatic heterocycles. The summed E-state index contributed by atoms with van der Waals surface area (Å²) in [6.07, 6.45) is 3.74. The highest BCUT2D eigenvalue weighted by atomic mass is 32.2. The van der Waals surface area contributed by atoms with Crippen LogP contribution in [0.2, 0.25) is 0 Å². The molecule has 4 nitrogen and oxygen atoms in total. The van der Waals surface area contributed by atoms with E-state index in [0.29, 0.717) is 5.17 Å². The van der Waals surface area contributed by atoms with Crippen molar-refractivity contribution in [2.45, 2.75) is 6.92 Å². The van der Waals surface area contributed by atoms with Crippen LogP contribution in [0.15, 0.2) is 53.5 Å². The van der Waals surface area contributed by atoms with Gasteiger partial charge in [-0.25, -0.2) is 4.99 Å². The molecule has 0 bridgehead atoms. The number of amidine groups is 1. The summed E-state index contributed by atoms with van der Waals surface area (Å²) in [4.78, 5) is 4.37. The minimum absolute atomic E-state index is 0.564. The van der Waals surface area contributed by atoms with Gasteiger partial charge in [0.05, 0.1) is 5.69 Å². The number of rotatable bonds is 3. The predicted octanol–water partition coefficient (Wildman–Crippen LogP) is 4.21. The lowest BCUT2D eigenvalue weighted by atomic mass is 10.2. The summed E-state index contributed by atoms with van der Waals surface area (Å²) in [6, 6.07) is 15.3. The molecule has 21 heavy (non-hydrogen) atoms. The van der Waals surface area contributed by atoms with E-state index in [1.165, 1.54) is 11.8 Å². The lowest BCUT2D eigenvalue weighted by molar-refractivity contribution is 0.479. The Bertz CT molecular complexity index is 678. The predicted molar refractivity (Wildman–Crippen MR) is 87.1 cm³/mol. The zero-order valence-corrected chi connectivity index (χ0v) is 12.6. The maximum absolute atomic E-state index is 8.63. The fraction of sp³-hybridized carbons (Fsp3) is 0.125. The van der Waals surface area contributed by atoms with Crippen LogP contribution in [0.4, 0.5) is 5.69 Å². The summed E-state index contributed by atoms with van der Waals surface area (Å²) in [7, 11) is 0. The zero-order valence-electron chi connectivity index (χ0n) is 11.8. The minimum Gasteiger partial charge on any atom is -0.457 e. The second kappa shape index (κ2) is 7.36. The van der Waals surface area contributed by atoms with Crippen molar-refractivity contribution in [2.75, 3.05) is 6.26 Å². The number of aryl methyl sites for hydroxylation is 1. The highest BCUT2D eigenvalue weighted by molar-refractivity contribution is 8.13. The first-order chi connectivity index (χ1) is 10.2. The molecule has 2 aromatic carbocycles. The van der Waals surface area contributed by atoms with Gasteiger partial charge in [-0.2, -0.15) is 5.26 Å². The molecule has 0 saturated heterocycles. The molecule has 0 atom stereocenters. The first-order valence-electron chi connectivity index (χ1n) is 6.34. The second-order valence-corrected chi connectivity index (χ2v) is 5.02. The molecule has 0 spiro atoms. The molecule has 0 heterocycles. The second-order valence-electron chi connectivity index (χ2n) is 4.22. The summed E-state index contributed by atoms with van der Waals surface area (Å²) in [5.74, 6) is 1.59. The largest absolute Gasteiger partial charge is 0.457 e. The van der Waals surface area contributed by atoms with Crippen LogP contribution < -0.4 is 10.1 Å². The van der Waals surface area contributed by atoms with Gasteiger partial charge in [-0.3, -0.25) is 5.32 Å². The first-order valence-corrected chi connectivity index (χ1v) is 7.56. The Morgan fingerprint density at radius 2 is 2.00 bits per heavy atom. The summed E-state index contributed by atoms with van der Waals surface area (Å²) in [6.45, 7) is 1.97. The zero-order chi connectivity index (χ0) is 15.1. The van der Waals surface area contributed by atoms with Crippen LogP contribution >= 0.6 is 11.8 Å². The van der Waals surface area contributed by atoms with E-state index in [-0.39, 0.29) is 0 Å². The average molecular weight is 297 g/mol. The third-order valence-electron chi connectivity index (χ3n) is 2.72. The van der Waals surface area contributed by atoms with Gasteiger partial charge in [0.2, 0.25) is 0 Å². The average Bonchev–Trinajstić information content (AvgIpc) is 2.50. The standard InChI is InChI=1S/C16H15N3OS/c1-12-10-13(19-16(21-2)18-11-17)8-9-15(12)20-14-6-4-3-5-7-14/h3-10H,1-2H3,(H,18,19). The Morgan fingerprint density at radius 3 is 2.62 bits per heavy atom. The number of aliphatic imine (C=N–C) groups is 1. The van der Waals surface area contributed by atoms with Crippen molar-refractivity contribution >= 4 is 22.6 Å². The van der Waals surface area contributed by atoms with Crippen LogP contribution in [0.1, 0.15) is 5.56 Å². The number of thioether (sulfide) groups is 1. The van der Waals surface area contributed by atoms with E-state index < -0.39 is 0 Å². The number of nitriles is 1. The molecule has 2 aromatic rings. The molecule has 2 rings (SSSR count). The van der Waals surface area contributed by atoms with Crippen LogP contribution in [0, 0.1) is 18.4 Å². The Morgan fingerprint density at radius 1 is 1.24 bits per heavy atom. The van der Waals surface area contributed by atoms with Crippen molar-refractivity contribution in [3.63, 3.8) is 0 Å². The molecule has 0 amide bonds. The van der Waals surface area contributed by atoms with E-state index in [0.717, 1.165) is 22.7 Å². The van der Waals surface area contributed by atoms with Gasteiger partial charge in [0.15, 0.2) is 11.4 Å². The van der Waals surface area contributed by atoms with Gasteiger partial charge in [0.25, 0.3) is 0 Å². The van der Waals surface area contributed by atoms with Crippen molar-refractivity contribution in [1.29, 1.82) is 5.26 Å². The van der Waals surface area contributed by atoms with Crippen molar-refractivity contribution in [1.82, 2.24) is 5.32 Å². The number of benzene rings is 2. The molecule has 0 aliphatic carbocycles. The van der Waals surface area contributed by atoms with Gasteiger partial charge in [0.1, 0.15) is 11.5 Å². The SMILES string of the molecule is CSC(=Nc1ccc(Oc2ccccc2)c(C)c1)NC#N. The van der Waals surface area contributed by atoms with E-state index in [4.69, 9.17) is 10.00 Å². The quantitative estimate of drug-likeness (QED) is 0.399. The molecule has 0 saturated carbocycles. The molecular formula is C16H15N3OS. The topological polar surface area (TPSA) is 57.4 Å². The molecular weight excluding hydrogens is 282 g/mol. The lowest BCUT2D eigenvalue weighted by Gasteiger charge is -2.09. The molecule has 0 radical (unpaired) electrons. The van der Waals surface area contributed by atoms with E-state index in [1.807, 2.05) is 67.9 Å². The highest BCUT2D eigenvalue weighted by Gasteiger charge is 2.03. The monoisotopic (exact) mass is 297 g/mol. The summed E-state index contributed by atoms with van der Waals surface area (Å²) >= 11 is 1.39. The van der Waals surface area contributed by atoms with E-state index in [2.05, 4.69) is 10.3 Å². The third-order valence-corrected chi connectivity index (χ3v) is 3.30. The number of hydrogen-bond donors (Lipinski definition) is 1. The number of nitrogens with zero attached hydrogens (tertiary/aromatic N) is 2. The molecule has 0 aromatic heterocycles. The third kappa shape index (κ3) is 4.26. The van der Waals surface area contributed by atoms with Crippen LogP contribution in [0.5, 0.6) is 11.5 Å². The van der Waals surface area contributed by atoms with Gasteiger partial charge < -0.3 is 4.74 Å². The van der Waals surface area contributed by atoms with Gasteiger partial charge in [-0.05, 0) is 49.1 Å². The number of para-hydroxylation sites is 1. The highest BCUT2D eigenvalue weighted by Crippen LogP contribution is 2.28. The lowest BCUT2D eigenvalue weighted by Crippen LogP contribution is -2.12. The molecule has 0 fully saturated rings. The van der Waals surface area contributed by atoms with E-state index in [9.17, 15) is 0 Å². The van der Waals surface area contributed by atoms with Crippen molar-refractivity contribution in [3.8, 4) is 17.7 Å². The van der Waals surface area contributed by atoms with E-state index in [1.54, 1.807) is 0 Å². The number of nitrogens with one attached hydrogen (secondary N) is 1. The van der Waals surface area contributed by atoms with Gasteiger partial charge in [-0.15, -0.1) is 0 Å². The minimum atomic E-state index is 0.564. The number of ether oxygens (including phenoxy) is 1. The summed E-state index contributed by atoms with van der Waals surface area (Å²) in [5.41, 5.74) is 1.76. The van der Waals surface area contributed by atoms with E-state index >= 15 is 0 Å². The Labute approximate surface area is 128 Å². The molecule has 0 aliphatic rings. The number of hydrogen-bond acceptors (Lipinski definition) is 4. The van der Waals surface area contributed by atoms with Gasteiger partial charge >= 0.3 is 0 Å². The molecule has 5 heteroatoms. The Kier molecular flexibility index (Phi) is 5.24. The Hall–Kier alpha value is -2.45. The fourth-order valence-corrected chi connectivity index (χ4v) is 2.07. The van der Waals surface area contributed by atoms with Gasteiger partial charge in [0, 0.05) is 0 Å². The molecule has 0 unspecified atom stereocenters. The normalized spacial score (nSPS) is 10.8. The summed E-state index contributed by atoms with van der Waals surface area (Å²) < 4.78 is 5.82. The maximum Gasteiger partial charge on any atom is 0.183 e.